The fourth-order valence-electron chi connectivity index (χ4n) is 1.76. The number of hydrogen-bond donors (Lipinski definition) is 0. The van der Waals surface area contributed by atoms with Crippen molar-refractivity contribution >= 4 is 17.6 Å². The summed E-state index contributed by atoms with van der Waals surface area (Å²) < 4.78 is 5.33. The Kier molecular flexibility index (Phi) is 2.53. The highest BCUT2D eigenvalue weighted by Crippen LogP contribution is 2.39. The topological polar surface area (TPSA) is 26.3 Å². The third-order valence-electron chi connectivity index (χ3n) is 2.59. The van der Waals surface area contributed by atoms with E-state index in [4.69, 9.17) is 16.3 Å². The van der Waals surface area contributed by atoms with E-state index in [0.717, 1.165) is 5.56 Å². The number of rotatable bonds is 2. The number of carbonyl (C=O) groups excluding carboxylic acids is 1. The first-order valence-corrected chi connectivity index (χ1v) is 5.24. The van der Waals surface area contributed by atoms with Gasteiger partial charge in [-0.2, -0.15) is 0 Å². The van der Waals surface area contributed by atoms with Gasteiger partial charge in [0, 0.05) is 12.0 Å². The van der Waals surface area contributed by atoms with Crippen LogP contribution in [0, 0.1) is 0 Å². The number of alkyl halides is 1. The molecule has 15 heavy (non-hydrogen) atoms. The molecule has 1 aliphatic heterocycles. The van der Waals surface area contributed by atoms with E-state index in [9.17, 15) is 4.79 Å². The number of carbonyl (C=O) groups is 1. The Bertz CT molecular complexity index is 381. The van der Waals surface area contributed by atoms with E-state index >= 15 is 0 Å². The van der Waals surface area contributed by atoms with Gasteiger partial charge in [-0.25, -0.2) is 4.79 Å². The minimum Gasteiger partial charge on any atom is -0.449 e. The molecule has 1 heterocycles. The molecular formula is C12H11ClO2. The highest BCUT2D eigenvalue weighted by atomic mass is 35.5. The third-order valence-corrected chi connectivity index (χ3v) is 3.02. The normalized spacial score (nSPS) is 25.4. The van der Waals surface area contributed by atoms with Gasteiger partial charge >= 0.3 is 5.97 Å². The van der Waals surface area contributed by atoms with Crippen molar-refractivity contribution in [2.45, 2.75) is 12.0 Å². The zero-order chi connectivity index (χ0) is 10.9. The molecule has 0 amide bonds. The van der Waals surface area contributed by atoms with Gasteiger partial charge in [-0.3, -0.25) is 0 Å². The highest BCUT2D eigenvalue weighted by Gasteiger charge is 2.43. The summed E-state index contributed by atoms with van der Waals surface area (Å²) >= 11 is 5.91. The fourth-order valence-corrected chi connectivity index (χ4v) is 2.06. The van der Waals surface area contributed by atoms with Gasteiger partial charge < -0.3 is 4.74 Å². The Morgan fingerprint density at radius 1 is 1.40 bits per heavy atom. The van der Waals surface area contributed by atoms with Gasteiger partial charge in [0.25, 0.3) is 0 Å². The maximum atomic E-state index is 11.3. The summed E-state index contributed by atoms with van der Waals surface area (Å²) in [5.74, 6) is -0.0959. The van der Waals surface area contributed by atoms with Gasteiger partial charge in [0.05, 0.1) is 5.88 Å². The molecule has 78 valence electrons. The van der Waals surface area contributed by atoms with Gasteiger partial charge in [-0.15, -0.1) is 11.6 Å². The summed E-state index contributed by atoms with van der Waals surface area (Å²) in [5, 5.41) is 0. The van der Waals surface area contributed by atoms with Crippen molar-refractivity contribution in [2.24, 2.45) is 0 Å². The van der Waals surface area contributed by atoms with Crippen molar-refractivity contribution in [3.8, 4) is 0 Å². The van der Waals surface area contributed by atoms with Crippen molar-refractivity contribution in [1.29, 1.82) is 0 Å². The second kappa shape index (κ2) is 3.70. The molecule has 0 radical (unpaired) electrons. The Labute approximate surface area is 93.5 Å². The van der Waals surface area contributed by atoms with Crippen molar-refractivity contribution in [3.63, 3.8) is 0 Å². The summed E-state index contributed by atoms with van der Waals surface area (Å²) in [5.41, 5.74) is 0.697. The minimum absolute atomic E-state index is 0.252. The number of esters is 1. The second-order valence-electron chi connectivity index (χ2n) is 3.66. The van der Waals surface area contributed by atoms with Crippen molar-refractivity contribution in [3.05, 3.63) is 48.0 Å². The minimum atomic E-state index is -0.711. The Morgan fingerprint density at radius 3 is 2.53 bits per heavy atom. The molecule has 1 saturated heterocycles. The molecule has 3 heteroatoms. The molecule has 0 aromatic heterocycles. The molecule has 1 fully saturated rings. The predicted molar refractivity (Wildman–Crippen MR) is 58.7 cm³/mol. The van der Waals surface area contributed by atoms with E-state index in [1.165, 1.54) is 0 Å². The van der Waals surface area contributed by atoms with Gasteiger partial charge in [-0.05, 0) is 5.56 Å². The number of benzene rings is 1. The van der Waals surface area contributed by atoms with Crippen LogP contribution in [0.3, 0.4) is 0 Å². The standard InChI is InChI=1S/C12H11ClO2/c1-9-7-12(8-13,15-11(9)14)10-5-3-2-4-6-10/h2-6H,1,7-8H2/t12-/m1/s1. The van der Waals surface area contributed by atoms with Crippen LogP contribution in [0.25, 0.3) is 0 Å². The summed E-state index contributed by atoms with van der Waals surface area (Å²) in [6.07, 6.45) is 0.472. The lowest BCUT2D eigenvalue weighted by Crippen LogP contribution is -2.27. The van der Waals surface area contributed by atoms with Crippen LogP contribution in [0.5, 0.6) is 0 Å². The first-order chi connectivity index (χ1) is 7.18. The monoisotopic (exact) mass is 222 g/mol. The van der Waals surface area contributed by atoms with Crippen LogP contribution in [-0.4, -0.2) is 11.8 Å². The average molecular weight is 223 g/mol. The van der Waals surface area contributed by atoms with Gasteiger partial charge in [0.1, 0.15) is 0 Å². The second-order valence-corrected chi connectivity index (χ2v) is 3.93. The summed E-state index contributed by atoms with van der Waals surface area (Å²) in [7, 11) is 0. The van der Waals surface area contributed by atoms with Crippen LogP contribution in [0.1, 0.15) is 12.0 Å². The number of ether oxygens (including phenoxy) is 1. The number of cyclic esters (lactones) is 1. The number of halogens is 1. The first kappa shape index (κ1) is 10.2. The lowest BCUT2D eigenvalue weighted by Gasteiger charge is -2.24. The maximum absolute atomic E-state index is 11.3. The van der Waals surface area contributed by atoms with Gasteiger partial charge in [0.15, 0.2) is 5.60 Å². The molecule has 1 atom stereocenters. The molecule has 0 bridgehead atoms. The molecule has 1 aromatic carbocycles. The van der Waals surface area contributed by atoms with Crippen molar-refractivity contribution in [1.82, 2.24) is 0 Å². The molecule has 0 N–H and O–H groups in total. The summed E-state index contributed by atoms with van der Waals surface area (Å²) in [4.78, 5) is 11.3. The van der Waals surface area contributed by atoms with Gasteiger partial charge in [0.2, 0.25) is 0 Å². The highest BCUT2D eigenvalue weighted by molar-refractivity contribution is 6.19. The quantitative estimate of drug-likeness (QED) is 0.437. The maximum Gasteiger partial charge on any atom is 0.334 e. The molecular weight excluding hydrogens is 212 g/mol. The first-order valence-electron chi connectivity index (χ1n) is 4.70. The van der Waals surface area contributed by atoms with Crippen LogP contribution in [0.2, 0.25) is 0 Å². The van der Waals surface area contributed by atoms with E-state index in [1.807, 2.05) is 30.3 Å². The lowest BCUT2D eigenvalue weighted by molar-refractivity contribution is -0.145. The number of hydrogen-bond acceptors (Lipinski definition) is 2. The van der Waals surface area contributed by atoms with Crippen LogP contribution in [-0.2, 0) is 15.1 Å². The van der Waals surface area contributed by atoms with Crippen LogP contribution < -0.4 is 0 Å². The van der Waals surface area contributed by atoms with E-state index in [1.54, 1.807) is 0 Å². The SMILES string of the molecule is C=C1C[C@@](CCl)(c2ccccc2)OC1=O. The molecule has 1 aliphatic rings. The zero-order valence-electron chi connectivity index (χ0n) is 8.20. The smallest absolute Gasteiger partial charge is 0.334 e. The Balaban J connectivity index is 2.40. The zero-order valence-corrected chi connectivity index (χ0v) is 8.96. The lowest BCUT2D eigenvalue weighted by atomic mass is 9.91. The van der Waals surface area contributed by atoms with Crippen LogP contribution in [0.4, 0.5) is 0 Å². The molecule has 2 rings (SSSR count). The van der Waals surface area contributed by atoms with E-state index in [0.29, 0.717) is 12.0 Å². The summed E-state index contributed by atoms with van der Waals surface area (Å²) in [6.45, 7) is 3.67. The van der Waals surface area contributed by atoms with E-state index in [-0.39, 0.29) is 11.8 Å². The molecule has 0 spiro atoms. The Hall–Kier alpha value is -1.28. The molecule has 0 unspecified atom stereocenters. The van der Waals surface area contributed by atoms with Gasteiger partial charge in [-0.1, -0.05) is 36.9 Å². The molecule has 0 saturated carbocycles. The van der Waals surface area contributed by atoms with Crippen LogP contribution in [0.15, 0.2) is 42.5 Å². The van der Waals surface area contributed by atoms with Crippen molar-refractivity contribution in [2.75, 3.05) is 5.88 Å². The average Bonchev–Trinajstić information content (AvgIpc) is 2.57. The van der Waals surface area contributed by atoms with Crippen molar-refractivity contribution < 1.29 is 9.53 Å². The Morgan fingerprint density at radius 2 is 2.07 bits per heavy atom. The van der Waals surface area contributed by atoms with Crippen LogP contribution >= 0.6 is 11.6 Å². The molecule has 0 aliphatic carbocycles. The molecule has 2 nitrogen and oxygen atoms in total. The van der Waals surface area contributed by atoms with E-state index < -0.39 is 5.60 Å². The summed E-state index contributed by atoms with van der Waals surface area (Å²) in [6, 6.07) is 9.54. The largest absolute Gasteiger partial charge is 0.449 e. The predicted octanol–water partition coefficient (Wildman–Crippen LogP) is 2.62. The molecule has 1 aromatic rings. The third kappa shape index (κ3) is 1.65. The van der Waals surface area contributed by atoms with E-state index in [2.05, 4.69) is 6.58 Å². The fraction of sp³-hybridized carbons (Fsp3) is 0.250.